The normalized spacial score (nSPS) is 17.3. The third-order valence-electron chi connectivity index (χ3n) is 3.74. The van der Waals surface area contributed by atoms with Gasteiger partial charge in [-0.05, 0) is 35.2 Å². The van der Waals surface area contributed by atoms with Crippen LogP contribution in [0, 0.1) is 0 Å². The molecule has 1 atom stereocenters. The Hall–Kier alpha value is -2.03. The molecule has 2 aromatic rings. The summed E-state index contributed by atoms with van der Waals surface area (Å²) in [5.74, 6) is 0.936. The molecular weight excluding hydrogens is 238 g/mol. The standard InChI is InChI=1S/C16H17NO2/c1-10(18)17-13-8-12-5-3-4-11-6-7-15(19-2)14(9-13)16(11)12/h3-7,13H,8-9H2,1-2H3,(H,17,18)/t13-/m1/s1. The van der Waals surface area contributed by atoms with E-state index in [1.165, 1.54) is 21.9 Å². The van der Waals surface area contributed by atoms with Gasteiger partial charge in [-0.1, -0.05) is 24.3 Å². The lowest BCUT2D eigenvalue weighted by atomic mass is 9.85. The first-order chi connectivity index (χ1) is 9.19. The predicted molar refractivity (Wildman–Crippen MR) is 75.5 cm³/mol. The van der Waals surface area contributed by atoms with E-state index in [1.807, 2.05) is 6.07 Å². The van der Waals surface area contributed by atoms with Crippen LogP contribution in [-0.4, -0.2) is 19.1 Å². The first-order valence-electron chi connectivity index (χ1n) is 6.53. The largest absolute Gasteiger partial charge is 0.496 e. The molecule has 0 aromatic heterocycles. The third-order valence-corrected chi connectivity index (χ3v) is 3.74. The summed E-state index contributed by atoms with van der Waals surface area (Å²) in [7, 11) is 1.70. The van der Waals surface area contributed by atoms with Crippen LogP contribution < -0.4 is 10.1 Å². The molecule has 2 aromatic carbocycles. The molecule has 98 valence electrons. The Labute approximate surface area is 112 Å². The average molecular weight is 255 g/mol. The van der Waals surface area contributed by atoms with Crippen molar-refractivity contribution in [3.8, 4) is 5.75 Å². The summed E-state index contributed by atoms with van der Waals surface area (Å²) >= 11 is 0. The van der Waals surface area contributed by atoms with Gasteiger partial charge in [0, 0.05) is 18.5 Å². The quantitative estimate of drug-likeness (QED) is 0.895. The van der Waals surface area contributed by atoms with Crippen LogP contribution in [0.3, 0.4) is 0 Å². The maximum atomic E-state index is 11.3. The van der Waals surface area contributed by atoms with Crippen LogP contribution in [0.2, 0.25) is 0 Å². The predicted octanol–water partition coefficient (Wildman–Crippen LogP) is 2.45. The molecule has 3 rings (SSSR count). The smallest absolute Gasteiger partial charge is 0.217 e. The molecule has 0 heterocycles. The Balaban J connectivity index is 2.14. The molecule has 0 fully saturated rings. The van der Waals surface area contributed by atoms with Crippen LogP contribution in [0.15, 0.2) is 30.3 Å². The average Bonchev–Trinajstić information content (AvgIpc) is 2.38. The van der Waals surface area contributed by atoms with Crippen LogP contribution in [0.25, 0.3) is 10.8 Å². The Morgan fingerprint density at radius 3 is 2.84 bits per heavy atom. The molecule has 0 spiro atoms. The molecule has 0 bridgehead atoms. The van der Waals surface area contributed by atoms with Crippen LogP contribution in [0.1, 0.15) is 18.1 Å². The number of ether oxygens (including phenoxy) is 1. The summed E-state index contributed by atoms with van der Waals surface area (Å²) in [5.41, 5.74) is 2.50. The van der Waals surface area contributed by atoms with E-state index >= 15 is 0 Å². The zero-order chi connectivity index (χ0) is 13.4. The highest BCUT2D eigenvalue weighted by Crippen LogP contribution is 2.35. The van der Waals surface area contributed by atoms with Crippen molar-refractivity contribution in [1.29, 1.82) is 0 Å². The number of carbonyl (C=O) groups excluding carboxylic acids is 1. The molecule has 1 amide bonds. The molecule has 19 heavy (non-hydrogen) atoms. The minimum Gasteiger partial charge on any atom is -0.496 e. The van der Waals surface area contributed by atoms with Crippen molar-refractivity contribution in [2.45, 2.75) is 25.8 Å². The van der Waals surface area contributed by atoms with E-state index in [1.54, 1.807) is 14.0 Å². The summed E-state index contributed by atoms with van der Waals surface area (Å²) in [6.07, 6.45) is 1.72. The highest BCUT2D eigenvalue weighted by atomic mass is 16.5. The van der Waals surface area contributed by atoms with Gasteiger partial charge in [0.2, 0.25) is 5.91 Å². The van der Waals surface area contributed by atoms with Gasteiger partial charge < -0.3 is 10.1 Å². The van der Waals surface area contributed by atoms with Gasteiger partial charge in [-0.3, -0.25) is 4.79 Å². The molecule has 0 radical (unpaired) electrons. The van der Waals surface area contributed by atoms with Crippen molar-refractivity contribution in [2.75, 3.05) is 7.11 Å². The maximum Gasteiger partial charge on any atom is 0.217 e. The Morgan fingerprint density at radius 2 is 2.11 bits per heavy atom. The van der Waals surface area contributed by atoms with E-state index in [4.69, 9.17) is 4.74 Å². The Kier molecular flexibility index (Phi) is 2.90. The van der Waals surface area contributed by atoms with E-state index in [9.17, 15) is 4.79 Å². The number of hydrogen-bond donors (Lipinski definition) is 1. The second kappa shape index (κ2) is 4.57. The van der Waals surface area contributed by atoms with Gasteiger partial charge in [-0.15, -0.1) is 0 Å². The zero-order valence-corrected chi connectivity index (χ0v) is 11.2. The number of benzene rings is 2. The van der Waals surface area contributed by atoms with Crippen molar-refractivity contribution in [3.63, 3.8) is 0 Å². The van der Waals surface area contributed by atoms with E-state index in [-0.39, 0.29) is 11.9 Å². The first kappa shape index (κ1) is 12.0. The number of carbonyl (C=O) groups is 1. The lowest BCUT2D eigenvalue weighted by Crippen LogP contribution is -2.38. The van der Waals surface area contributed by atoms with E-state index < -0.39 is 0 Å². The van der Waals surface area contributed by atoms with Crippen LogP contribution in [0.4, 0.5) is 0 Å². The van der Waals surface area contributed by atoms with Crippen molar-refractivity contribution < 1.29 is 9.53 Å². The topological polar surface area (TPSA) is 38.3 Å². The van der Waals surface area contributed by atoms with Gasteiger partial charge in [0.05, 0.1) is 7.11 Å². The summed E-state index contributed by atoms with van der Waals surface area (Å²) in [5, 5.41) is 5.56. The second-order valence-corrected chi connectivity index (χ2v) is 5.07. The lowest BCUT2D eigenvalue weighted by molar-refractivity contribution is -0.119. The fourth-order valence-corrected chi connectivity index (χ4v) is 3.05. The zero-order valence-electron chi connectivity index (χ0n) is 11.2. The molecule has 0 unspecified atom stereocenters. The highest BCUT2D eigenvalue weighted by molar-refractivity contribution is 5.92. The maximum absolute atomic E-state index is 11.3. The number of rotatable bonds is 2. The number of methoxy groups -OCH3 is 1. The van der Waals surface area contributed by atoms with Gasteiger partial charge in [0.15, 0.2) is 0 Å². The third kappa shape index (κ3) is 2.05. The monoisotopic (exact) mass is 255 g/mol. The van der Waals surface area contributed by atoms with Crippen molar-refractivity contribution >= 4 is 16.7 Å². The lowest BCUT2D eigenvalue weighted by Gasteiger charge is -2.27. The molecular formula is C16H17NO2. The van der Waals surface area contributed by atoms with E-state index in [0.29, 0.717) is 0 Å². The summed E-state index contributed by atoms with van der Waals surface area (Å²) in [4.78, 5) is 11.3. The van der Waals surface area contributed by atoms with Crippen molar-refractivity contribution in [1.82, 2.24) is 5.32 Å². The van der Waals surface area contributed by atoms with E-state index in [0.717, 1.165) is 18.6 Å². The van der Waals surface area contributed by atoms with Crippen molar-refractivity contribution in [3.05, 3.63) is 41.5 Å². The van der Waals surface area contributed by atoms with Crippen LogP contribution in [0.5, 0.6) is 5.75 Å². The fourth-order valence-electron chi connectivity index (χ4n) is 3.05. The molecule has 0 saturated carbocycles. The number of nitrogens with one attached hydrogen (secondary N) is 1. The van der Waals surface area contributed by atoms with Crippen molar-refractivity contribution in [2.24, 2.45) is 0 Å². The summed E-state index contributed by atoms with van der Waals surface area (Å²) in [6.45, 7) is 1.57. The number of amides is 1. The van der Waals surface area contributed by atoms with Gasteiger partial charge in [0.1, 0.15) is 5.75 Å². The molecule has 0 saturated heterocycles. The Morgan fingerprint density at radius 1 is 1.26 bits per heavy atom. The fraction of sp³-hybridized carbons (Fsp3) is 0.312. The molecule has 0 aliphatic heterocycles. The number of hydrogen-bond acceptors (Lipinski definition) is 2. The van der Waals surface area contributed by atoms with Gasteiger partial charge in [-0.25, -0.2) is 0 Å². The van der Waals surface area contributed by atoms with Gasteiger partial charge >= 0.3 is 0 Å². The molecule has 1 aliphatic carbocycles. The molecule has 1 N–H and O–H groups in total. The summed E-state index contributed by atoms with van der Waals surface area (Å²) < 4.78 is 5.47. The summed E-state index contributed by atoms with van der Waals surface area (Å²) in [6, 6.07) is 10.6. The first-order valence-corrected chi connectivity index (χ1v) is 6.53. The highest BCUT2D eigenvalue weighted by Gasteiger charge is 2.23. The molecule has 1 aliphatic rings. The molecule has 3 nitrogen and oxygen atoms in total. The minimum absolute atomic E-state index is 0.0236. The van der Waals surface area contributed by atoms with Crippen LogP contribution >= 0.6 is 0 Å². The van der Waals surface area contributed by atoms with Gasteiger partial charge in [0.25, 0.3) is 0 Å². The van der Waals surface area contributed by atoms with Gasteiger partial charge in [-0.2, -0.15) is 0 Å². The second-order valence-electron chi connectivity index (χ2n) is 5.07. The minimum atomic E-state index is 0.0236. The van der Waals surface area contributed by atoms with Crippen LogP contribution in [-0.2, 0) is 17.6 Å². The van der Waals surface area contributed by atoms with E-state index in [2.05, 4.69) is 29.6 Å². The SMILES string of the molecule is COc1ccc2cccc3c2c1C[C@H](NC(C)=O)C3. The molecule has 3 heteroatoms. The Bertz CT molecular complexity index is 648.